The van der Waals surface area contributed by atoms with Gasteiger partial charge in [-0.1, -0.05) is 24.9 Å². The molecule has 0 aliphatic carbocycles. The smallest absolute Gasteiger partial charge is 0.340 e. The van der Waals surface area contributed by atoms with E-state index in [0.717, 1.165) is 6.42 Å². The second-order valence-corrected chi connectivity index (χ2v) is 4.71. The molecule has 1 aromatic heterocycles. The Kier molecular flexibility index (Phi) is 4.23. The molecule has 0 bridgehead atoms. The highest BCUT2D eigenvalue weighted by Crippen LogP contribution is 2.25. The molecule has 2 rings (SSSR count). The van der Waals surface area contributed by atoms with E-state index < -0.39 is 10.9 Å². The van der Waals surface area contributed by atoms with E-state index in [1.807, 2.05) is 6.92 Å². The Bertz CT molecular complexity index is 694. The Morgan fingerprint density at radius 1 is 1.43 bits per heavy atom. The minimum absolute atomic E-state index is 0.0141. The van der Waals surface area contributed by atoms with Gasteiger partial charge in [0.2, 0.25) is 0 Å². The monoisotopic (exact) mass is 309 g/mol. The summed E-state index contributed by atoms with van der Waals surface area (Å²) in [6.45, 7) is 1.91. The number of non-ortho nitro benzene ring substituents is 1. The number of nitro groups is 1. The second kappa shape index (κ2) is 5.92. The fraction of sp³-hybridized carbons (Fsp3) is 0.231. The lowest BCUT2D eigenvalue weighted by Crippen LogP contribution is -2.00. The lowest BCUT2D eigenvalue weighted by molar-refractivity contribution is -0.384. The largest absolute Gasteiger partial charge is 0.478 e. The highest BCUT2D eigenvalue weighted by molar-refractivity contribution is 6.32. The molecule has 0 aliphatic rings. The van der Waals surface area contributed by atoms with E-state index in [0.29, 0.717) is 17.8 Å². The molecule has 1 heterocycles. The number of aromatic nitrogens is 2. The molecule has 0 unspecified atom stereocenters. The van der Waals surface area contributed by atoms with E-state index in [1.165, 1.54) is 28.9 Å². The van der Waals surface area contributed by atoms with Crippen LogP contribution in [0.25, 0.3) is 5.69 Å². The van der Waals surface area contributed by atoms with Crippen molar-refractivity contribution in [2.24, 2.45) is 0 Å². The minimum atomic E-state index is -1.14. The fourth-order valence-corrected chi connectivity index (χ4v) is 2.27. The van der Waals surface area contributed by atoms with Crippen LogP contribution in [0.5, 0.6) is 0 Å². The number of carbonyl (C=O) groups is 1. The van der Waals surface area contributed by atoms with Crippen molar-refractivity contribution in [2.45, 2.75) is 19.8 Å². The van der Waals surface area contributed by atoms with Gasteiger partial charge in [0.05, 0.1) is 16.3 Å². The van der Waals surface area contributed by atoms with Gasteiger partial charge in [-0.2, -0.15) is 5.10 Å². The summed E-state index contributed by atoms with van der Waals surface area (Å²) in [5, 5.41) is 24.0. The first-order valence-electron chi connectivity index (χ1n) is 6.21. The number of nitro benzene ring substituents is 1. The molecule has 2 aromatic rings. The number of aromatic carboxylic acids is 1. The average molecular weight is 310 g/mol. The predicted octanol–water partition coefficient (Wildman–Crippen LogP) is 3.08. The summed E-state index contributed by atoms with van der Waals surface area (Å²) in [6.07, 6.45) is 1.22. The molecule has 0 spiro atoms. The number of hydrogen-bond donors (Lipinski definition) is 1. The van der Waals surface area contributed by atoms with E-state index >= 15 is 0 Å². The molecule has 110 valence electrons. The number of benzene rings is 1. The number of halogens is 1. The molecule has 0 aliphatic heterocycles. The number of nitrogens with zero attached hydrogens (tertiary/aromatic N) is 3. The first-order valence-corrected chi connectivity index (χ1v) is 6.59. The number of aryl methyl sites for hydroxylation is 1. The highest BCUT2D eigenvalue weighted by atomic mass is 35.5. The van der Waals surface area contributed by atoms with E-state index in [4.69, 9.17) is 11.6 Å². The van der Waals surface area contributed by atoms with Crippen LogP contribution >= 0.6 is 11.6 Å². The quantitative estimate of drug-likeness (QED) is 0.676. The third-order valence-corrected chi connectivity index (χ3v) is 3.26. The summed E-state index contributed by atoms with van der Waals surface area (Å²) >= 11 is 6.08. The number of rotatable bonds is 5. The Morgan fingerprint density at radius 2 is 2.05 bits per heavy atom. The predicted molar refractivity (Wildman–Crippen MR) is 76.2 cm³/mol. The van der Waals surface area contributed by atoms with Crippen molar-refractivity contribution in [3.63, 3.8) is 0 Å². The van der Waals surface area contributed by atoms with Gasteiger partial charge < -0.3 is 5.11 Å². The standard InChI is InChI=1S/C13H12ClN3O4/c1-2-3-10-11(13(18)19)12(14)16(15-10)8-4-6-9(7-5-8)17(20)21/h4-7H,2-3H2,1H3,(H,18,19). The van der Waals surface area contributed by atoms with Gasteiger partial charge in [-0.3, -0.25) is 10.1 Å². The molecule has 0 fully saturated rings. The zero-order valence-electron chi connectivity index (χ0n) is 11.1. The zero-order valence-corrected chi connectivity index (χ0v) is 11.9. The van der Waals surface area contributed by atoms with Crippen molar-refractivity contribution in [3.05, 3.63) is 50.8 Å². The number of carboxylic acid groups (broad SMARTS) is 1. The van der Waals surface area contributed by atoms with Crippen molar-refractivity contribution in [1.29, 1.82) is 0 Å². The molecule has 0 saturated carbocycles. The Labute approximate surface area is 124 Å². The van der Waals surface area contributed by atoms with Gasteiger partial charge in [-0.25, -0.2) is 9.48 Å². The Balaban J connectivity index is 2.51. The number of hydrogen-bond acceptors (Lipinski definition) is 4. The topological polar surface area (TPSA) is 98.3 Å². The molecular weight excluding hydrogens is 298 g/mol. The molecule has 1 aromatic carbocycles. The van der Waals surface area contributed by atoms with Crippen LogP contribution in [0.3, 0.4) is 0 Å². The molecule has 0 saturated heterocycles. The molecule has 21 heavy (non-hydrogen) atoms. The van der Waals surface area contributed by atoms with Crippen molar-refractivity contribution in [1.82, 2.24) is 9.78 Å². The van der Waals surface area contributed by atoms with Crippen molar-refractivity contribution < 1.29 is 14.8 Å². The maximum absolute atomic E-state index is 11.3. The van der Waals surface area contributed by atoms with Crippen LogP contribution in [-0.4, -0.2) is 25.8 Å². The van der Waals surface area contributed by atoms with Crippen LogP contribution in [-0.2, 0) is 6.42 Å². The van der Waals surface area contributed by atoms with E-state index in [9.17, 15) is 20.0 Å². The van der Waals surface area contributed by atoms with E-state index in [-0.39, 0.29) is 16.4 Å². The van der Waals surface area contributed by atoms with E-state index in [2.05, 4.69) is 5.10 Å². The van der Waals surface area contributed by atoms with Gasteiger partial charge in [0.25, 0.3) is 5.69 Å². The van der Waals surface area contributed by atoms with Crippen molar-refractivity contribution in [3.8, 4) is 5.69 Å². The van der Waals surface area contributed by atoms with Gasteiger partial charge >= 0.3 is 5.97 Å². The Morgan fingerprint density at radius 3 is 2.52 bits per heavy atom. The summed E-state index contributed by atoms with van der Waals surface area (Å²) in [4.78, 5) is 21.4. The second-order valence-electron chi connectivity index (χ2n) is 4.35. The normalized spacial score (nSPS) is 10.6. The molecule has 7 nitrogen and oxygen atoms in total. The van der Waals surface area contributed by atoms with Crippen molar-refractivity contribution in [2.75, 3.05) is 0 Å². The maximum atomic E-state index is 11.3. The molecular formula is C13H12ClN3O4. The van der Waals surface area contributed by atoms with E-state index in [1.54, 1.807) is 0 Å². The van der Waals surface area contributed by atoms with Crippen LogP contribution in [0, 0.1) is 10.1 Å². The van der Waals surface area contributed by atoms with Crippen LogP contribution in [0.15, 0.2) is 24.3 Å². The minimum Gasteiger partial charge on any atom is -0.478 e. The van der Waals surface area contributed by atoms with Crippen LogP contribution in [0.1, 0.15) is 29.4 Å². The molecule has 0 amide bonds. The first kappa shape index (κ1) is 15.0. The zero-order chi connectivity index (χ0) is 15.6. The average Bonchev–Trinajstić information content (AvgIpc) is 2.76. The third-order valence-electron chi connectivity index (χ3n) is 2.91. The molecule has 8 heteroatoms. The maximum Gasteiger partial charge on any atom is 0.340 e. The summed E-state index contributed by atoms with van der Waals surface area (Å²) in [5.41, 5.74) is 0.773. The molecule has 0 radical (unpaired) electrons. The summed E-state index contributed by atoms with van der Waals surface area (Å²) in [6, 6.07) is 5.57. The molecule has 0 atom stereocenters. The SMILES string of the molecule is CCCc1nn(-c2ccc([N+](=O)[O-])cc2)c(Cl)c1C(=O)O. The van der Waals surface area contributed by atoms with Crippen LogP contribution in [0.4, 0.5) is 5.69 Å². The summed E-state index contributed by atoms with van der Waals surface area (Å²) in [5.74, 6) is -1.14. The summed E-state index contributed by atoms with van der Waals surface area (Å²) < 4.78 is 1.28. The summed E-state index contributed by atoms with van der Waals surface area (Å²) in [7, 11) is 0. The first-order chi connectivity index (χ1) is 9.95. The van der Waals surface area contributed by atoms with Gasteiger partial charge in [0.1, 0.15) is 10.7 Å². The number of carboxylic acids is 1. The van der Waals surface area contributed by atoms with Crippen LogP contribution < -0.4 is 0 Å². The van der Waals surface area contributed by atoms with Gasteiger partial charge in [0.15, 0.2) is 0 Å². The fourth-order valence-electron chi connectivity index (χ4n) is 1.95. The van der Waals surface area contributed by atoms with Gasteiger partial charge in [0, 0.05) is 12.1 Å². The molecule has 1 N–H and O–H groups in total. The highest BCUT2D eigenvalue weighted by Gasteiger charge is 2.22. The van der Waals surface area contributed by atoms with Gasteiger partial charge in [-0.05, 0) is 18.6 Å². The lowest BCUT2D eigenvalue weighted by Gasteiger charge is -2.02. The van der Waals surface area contributed by atoms with Crippen molar-refractivity contribution >= 4 is 23.3 Å². The van der Waals surface area contributed by atoms with Crippen LogP contribution in [0.2, 0.25) is 5.15 Å². The lowest BCUT2D eigenvalue weighted by atomic mass is 10.2. The third kappa shape index (κ3) is 2.87. The Hall–Kier alpha value is -2.41. The van der Waals surface area contributed by atoms with Gasteiger partial charge in [-0.15, -0.1) is 0 Å².